The number of aryl methyl sites for hydroxylation is 1. The summed E-state index contributed by atoms with van der Waals surface area (Å²) >= 11 is 0. The molecule has 1 aliphatic rings. The zero-order chi connectivity index (χ0) is 18.8. The molecule has 1 amide bonds. The van der Waals surface area contributed by atoms with E-state index in [1.54, 1.807) is 7.11 Å². The molecule has 0 radical (unpaired) electrons. The van der Waals surface area contributed by atoms with Gasteiger partial charge in [0, 0.05) is 45.0 Å². The molecule has 7 nitrogen and oxygen atoms in total. The molecule has 1 heterocycles. The van der Waals surface area contributed by atoms with Gasteiger partial charge < -0.3 is 25.6 Å². The van der Waals surface area contributed by atoms with E-state index in [2.05, 4.69) is 57.0 Å². The number of guanidine groups is 1. The summed E-state index contributed by atoms with van der Waals surface area (Å²) < 4.78 is 4.92. The molecule has 0 aromatic heterocycles. The van der Waals surface area contributed by atoms with Crippen molar-refractivity contribution in [3.05, 3.63) is 29.8 Å². The maximum absolute atomic E-state index is 11.8. The Balaban J connectivity index is 1.84. The average molecular weight is 361 g/mol. The van der Waals surface area contributed by atoms with Crippen LogP contribution in [0.15, 0.2) is 29.3 Å². The molecule has 0 saturated carbocycles. The van der Waals surface area contributed by atoms with Gasteiger partial charge in [0.05, 0.1) is 6.61 Å². The first-order valence-electron chi connectivity index (χ1n) is 9.24. The van der Waals surface area contributed by atoms with Crippen molar-refractivity contribution in [3.8, 4) is 0 Å². The van der Waals surface area contributed by atoms with Crippen LogP contribution in [0.1, 0.15) is 18.9 Å². The molecule has 1 aliphatic heterocycles. The van der Waals surface area contributed by atoms with Gasteiger partial charge in [-0.05, 0) is 32.4 Å². The van der Waals surface area contributed by atoms with Crippen molar-refractivity contribution in [2.75, 3.05) is 51.3 Å². The van der Waals surface area contributed by atoms with Crippen LogP contribution < -0.4 is 20.9 Å². The van der Waals surface area contributed by atoms with Crippen LogP contribution in [0, 0.1) is 6.92 Å². The van der Waals surface area contributed by atoms with E-state index in [-0.39, 0.29) is 12.5 Å². The van der Waals surface area contributed by atoms with Crippen LogP contribution in [0.5, 0.6) is 0 Å². The van der Waals surface area contributed by atoms with Crippen LogP contribution in [0.3, 0.4) is 0 Å². The van der Waals surface area contributed by atoms with Gasteiger partial charge in [-0.25, -0.2) is 4.99 Å². The molecule has 0 spiro atoms. The van der Waals surface area contributed by atoms with Gasteiger partial charge in [0.15, 0.2) is 5.96 Å². The second-order valence-electron chi connectivity index (χ2n) is 6.45. The highest BCUT2D eigenvalue weighted by Gasteiger charge is 2.23. The molecule has 1 unspecified atom stereocenters. The van der Waals surface area contributed by atoms with Gasteiger partial charge in [-0.15, -0.1) is 0 Å². The van der Waals surface area contributed by atoms with Crippen molar-refractivity contribution >= 4 is 17.6 Å². The summed E-state index contributed by atoms with van der Waals surface area (Å²) in [6, 6.07) is 8.93. The molecule has 1 aromatic rings. The summed E-state index contributed by atoms with van der Waals surface area (Å²) in [5, 5.41) is 9.43. The molecule has 1 aromatic carbocycles. The molecule has 1 saturated heterocycles. The van der Waals surface area contributed by atoms with E-state index in [4.69, 9.17) is 4.74 Å². The SMILES string of the molecule is CCNC(=NCC(=O)NCCOC)NC1CCN(c2ccc(C)cc2)C1. The van der Waals surface area contributed by atoms with Crippen molar-refractivity contribution in [1.29, 1.82) is 0 Å². The van der Waals surface area contributed by atoms with E-state index in [0.717, 1.165) is 26.1 Å². The molecule has 26 heavy (non-hydrogen) atoms. The topological polar surface area (TPSA) is 78.0 Å². The summed E-state index contributed by atoms with van der Waals surface area (Å²) in [6.07, 6.45) is 1.04. The van der Waals surface area contributed by atoms with Crippen molar-refractivity contribution in [2.24, 2.45) is 4.99 Å². The van der Waals surface area contributed by atoms with Crippen molar-refractivity contribution < 1.29 is 9.53 Å². The molecule has 1 fully saturated rings. The van der Waals surface area contributed by atoms with Crippen LogP contribution in [0.2, 0.25) is 0 Å². The third-order valence-electron chi connectivity index (χ3n) is 4.28. The zero-order valence-electron chi connectivity index (χ0n) is 16.0. The lowest BCUT2D eigenvalue weighted by molar-refractivity contribution is -0.119. The fourth-order valence-electron chi connectivity index (χ4n) is 2.88. The van der Waals surface area contributed by atoms with E-state index < -0.39 is 0 Å². The quantitative estimate of drug-likeness (QED) is 0.364. The first-order valence-corrected chi connectivity index (χ1v) is 9.24. The second kappa shape index (κ2) is 10.7. The maximum Gasteiger partial charge on any atom is 0.241 e. The number of hydrogen-bond donors (Lipinski definition) is 3. The number of carbonyl (C=O) groups is 1. The second-order valence-corrected chi connectivity index (χ2v) is 6.45. The maximum atomic E-state index is 11.8. The number of rotatable bonds is 8. The standard InChI is InChI=1S/C19H31N5O2/c1-4-20-19(22-13-18(25)21-10-12-26-3)23-16-9-11-24(14-16)17-7-5-15(2)6-8-17/h5-8,16H,4,9-14H2,1-3H3,(H,21,25)(H2,20,22,23). The highest BCUT2D eigenvalue weighted by molar-refractivity contribution is 5.85. The molecule has 0 bridgehead atoms. The van der Waals surface area contributed by atoms with E-state index in [0.29, 0.717) is 25.2 Å². The Kier molecular flexibility index (Phi) is 8.21. The smallest absolute Gasteiger partial charge is 0.241 e. The average Bonchev–Trinajstić information content (AvgIpc) is 3.09. The number of methoxy groups -OCH3 is 1. The molecule has 1 atom stereocenters. The Morgan fingerprint density at radius 3 is 2.77 bits per heavy atom. The van der Waals surface area contributed by atoms with Crippen LogP contribution >= 0.6 is 0 Å². The fraction of sp³-hybridized carbons (Fsp3) is 0.579. The van der Waals surface area contributed by atoms with Crippen molar-refractivity contribution in [1.82, 2.24) is 16.0 Å². The highest BCUT2D eigenvalue weighted by Crippen LogP contribution is 2.20. The number of hydrogen-bond acceptors (Lipinski definition) is 4. The number of benzene rings is 1. The molecule has 0 aliphatic carbocycles. The van der Waals surface area contributed by atoms with Crippen molar-refractivity contribution in [3.63, 3.8) is 0 Å². The summed E-state index contributed by atoms with van der Waals surface area (Å²) in [7, 11) is 1.61. The predicted molar refractivity (Wildman–Crippen MR) is 106 cm³/mol. The third-order valence-corrected chi connectivity index (χ3v) is 4.28. The number of aliphatic imine (C=N–C) groups is 1. The third kappa shape index (κ3) is 6.55. The van der Waals surface area contributed by atoms with Gasteiger partial charge in [-0.2, -0.15) is 0 Å². The molecule has 3 N–H and O–H groups in total. The summed E-state index contributed by atoms with van der Waals surface area (Å²) in [4.78, 5) is 18.6. The van der Waals surface area contributed by atoms with Crippen LogP contribution in [-0.2, 0) is 9.53 Å². The largest absolute Gasteiger partial charge is 0.383 e. The van der Waals surface area contributed by atoms with Gasteiger partial charge in [-0.1, -0.05) is 17.7 Å². The minimum atomic E-state index is -0.105. The van der Waals surface area contributed by atoms with Gasteiger partial charge in [-0.3, -0.25) is 4.79 Å². The number of amides is 1. The molecule has 144 valence electrons. The molecule has 2 rings (SSSR count). The molecular formula is C19H31N5O2. The Hall–Kier alpha value is -2.28. The minimum absolute atomic E-state index is 0.105. The van der Waals surface area contributed by atoms with Crippen LogP contribution in [0.4, 0.5) is 5.69 Å². The van der Waals surface area contributed by atoms with Gasteiger partial charge in [0.25, 0.3) is 0 Å². The van der Waals surface area contributed by atoms with E-state index in [9.17, 15) is 4.79 Å². The van der Waals surface area contributed by atoms with Crippen LogP contribution in [0.25, 0.3) is 0 Å². The number of nitrogens with zero attached hydrogens (tertiary/aromatic N) is 2. The molecule has 7 heteroatoms. The molecular weight excluding hydrogens is 330 g/mol. The zero-order valence-corrected chi connectivity index (χ0v) is 16.0. The van der Waals surface area contributed by atoms with E-state index >= 15 is 0 Å². The lowest BCUT2D eigenvalue weighted by atomic mass is 10.2. The first kappa shape index (κ1) is 20.0. The monoisotopic (exact) mass is 361 g/mol. The predicted octanol–water partition coefficient (Wildman–Crippen LogP) is 0.891. The van der Waals surface area contributed by atoms with Crippen LogP contribution in [-0.4, -0.2) is 64.3 Å². The number of ether oxygens (including phenoxy) is 1. The van der Waals surface area contributed by atoms with Gasteiger partial charge in [0.2, 0.25) is 5.91 Å². The Bertz CT molecular complexity index is 588. The van der Waals surface area contributed by atoms with E-state index in [1.165, 1.54) is 11.3 Å². The fourth-order valence-corrected chi connectivity index (χ4v) is 2.88. The lowest BCUT2D eigenvalue weighted by Gasteiger charge is -2.20. The summed E-state index contributed by atoms with van der Waals surface area (Å²) in [5.41, 5.74) is 2.52. The summed E-state index contributed by atoms with van der Waals surface area (Å²) in [6.45, 7) is 7.92. The number of anilines is 1. The number of carbonyl (C=O) groups excluding carboxylic acids is 1. The lowest BCUT2D eigenvalue weighted by Crippen LogP contribution is -2.45. The van der Waals surface area contributed by atoms with Crippen molar-refractivity contribution in [2.45, 2.75) is 26.3 Å². The minimum Gasteiger partial charge on any atom is -0.383 e. The highest BCUT2D eigenvalue weighted by atomic mass is 16.5. The first-order chi connectivity index (χ1) is 12.6. The Labute approximate surface area is 156 Å². The normalized spacial score (nSPS) is 17.3. The van der Waals surface area contributed by atoms with Gasteiger partial charge in [0.1, 0.15) is 6.54 Å². The van der Waals surface area contributed by atoms with Gasteiger partial charge >= 0.3 is 0 Å². The Morgan fingerprint density at radius 1 is 1.31 bits per heavy atom. The number of nitrogens with one attached hydrogen (secondary N) is 3. The van der Waals surface area contributed by atoms with E-state index in [1.807, 2.05) is 6.92 Å². The Morgan fingerprint density at radius 2 is 2.08 bits per heavy atom. The summed E-state index contributed by atoms with van der Waals surface area (Å²) in [5.74, 6) is 0.581.